The van der Waals surface area contributed by atoms with Crippen LogP contribution in [0.3, 0.4) is 0 Å². The normalized spacial score (nSPS) is 21.3. The fourth-order valence-electron chi connectivity index (χ4n) is 2.28. The molecule has 0 aliphatic heterocycles. The van der Waals surface area contributed by atoms with Crippen LogP contribution in [-0.2, 0) is 0 Å². The zero-order valence-corrected chi connectivity index (χ0v) is 11.9. The van der Waals surface area contributed by atoms with Gasteiger partial charge in [-0.3, -0.25) is 0 Å². The third-order valence-corrected chi connectivity index (χ3v) is 4.85. The van der Waals surface area contributed by atoms with Crippen LogP contribution in [0.15, 0.2) is 6.07 Å². The summed E-state index contributed by atoms with van der Waals surface area (Å²) in [5, 5.41) is 4.24. The molecule has 0 unspecified atom stereocenters. The van der Waals surface area contributed by atoms with Gasteiger partial charge in [0.1, 0.15) is 11.6 Å². The number of pyridine rings is 1. The molecule has 0 radical (unpaired) electrons. The van der Waals surface area contributed by atoms with Gasteiger partial charge in [-0.1, -0.05) is 50.9 Å². The second kappa shape index (κ2) is 3.66. The quantitative estimate of drug-likeness (QED) is 0.862. The summed E-state index contributed by atoms with van der Waals surface area (Å²) in [7, 11) is 0. The maximum absolute atomic E-state index is 6.09. The molecule has 0 bridgehead atoms. The molecule has 17 heavy (non-hydrogen) atoms. The first-order valence-electron chi connectivity index (χ1n) is 5.56. The highest BCUT2D eigenvalue weighted by Gasteiger charge is 2.65. The smallest absolute Gasteiger partial charge is 0.147 e. The first kappa shape index (κ1) is 12.8. The lowest BCUT2D eigenvalue weighted by Crippen LogP contribution is -2.12. The van der Waals surface area contributed by atoms with Gasteiger partial charge < -0.3 is 11.1 Å². The van der Waals surface area contributed by atoms with Crippen LogP contribution in [-0.4, -0.2) is 11.0 Å². The van der Waals surface area contributed by atoms with Crippen molar-refractivity contribution >= 4 is 34.8 Å². The molecular formula is C12H17Cl2N3. The number of nitrogens with zero attached hydrogens (tertiary/aromatic N) is 1. The van der Waals surface area contributed by atoms with E-state index in [1.54, 1.807) is 6.07 Å². The van der Waals surface area contributed by atoms with Gasteiger partial charge in [-0.25, -0.2) is 4.98 Å². The summed E-state index contributed by atoms with van der Waals surface area (Å²) >= 11 is 11.9. The van der Waals surface area contributed by atoms with Crippen molar-refractivity contribution in [3.63, 3.8) is 0 Å². The van der Waals surface area contributed by atoms with E-state index in [2.05, 4.69) is 38.0 Å². The average molecular weight is 274 g/mol. The summed E-state index contributed by atoms with van der Waals surface area (Å²) in [6.07, 6.45) is 0. The molecule has 5 heteroatoms. The van der Waals surface area contributed by atoms with E-state index in [0.29, 0.717) is 27.7 Å². The van der Waals surface area contributed by atoms with Gasteiger partial charge in [0.25, 0.3) is 0 Å². The fourth-order valence-corrected chi connectivity index (χ4v) is 2.69. The van der Waals surface area contributed by atoms with Crippen LogP contribution in [0.4, 0.5) is 11.6 Å². The third kappa shape index (κ3) is 1.85. The van der Waals surface area contributed by atoms with E-state index in [9.17, 15) is 0 Å². The molecule has 1 aromatic rings. The summed E-state index contributed by atoms with van der Waals surface area (Å²) in [5.41, 5.74) is 6.11. The predicted molar refractivity (Wildman–Crippen MR) is 73.6 cm³/mol. The summed E-state index contributed by atoms with van der Waals surface area (Å²) in [6, 6.07) is 1.96. The summed E-state index contributed by atoms with van der Waals surface area (Å²) in [5.74, 6) is 0.909. The SMILES string of the molecule is CC1(C)C(Nc2nc(N)c(Cl)cc2Cl)C1(C)C. The van der Waals surface area contributed by atoms with Gasteiger partial charge in [0.15, 0.2) is 0 Å². The van der Waals surface area contributed by atoms with E-state index in [-0.39, 0.29) is 10.8 Å². The Balaban J connectivity index is 2.25. The molecule has 1 saturated carbocycles. The molecular weight excluding hydrogens is 257 g/mol. The molecule has 3 N–H and O–H groups in total. The van der Waals surface area contributed by atoms with Crippen molar-refractivity contribution in [2.24, 2.45) is 10.8 Å². The van der Waals surface area contributed by atoms with E-state index < -0.39 is 0 Å². The van der Waals surface area contributed by atoms with Crippen molar-refractivity contribution in [3.05, 3.63) is 16.1 Å². The maximum atomic E-state index is 6.09. The number of halogens is 2. The number of nitrogens with two attached hydrogens (primary N) is 1. The summed E-state index contributed by atoms with van der Waals surface area (Å²) in [6.45, 7) is 8.88. The molecule has 0 amide bonds. The maximum Gasteiger partial charge on any atom is 0.147 e. The number of anilines is 2. The Bertz CT molecular complexity index is 455. The molecule has 1 aliphatic rings. The molecule has 1 aliphatic carbocycles. The van der Waals surface area contributed by atoms with Crippen molar-refractivity contribution in [1.29, 1.82) is 0 Å². The minimum Gasteiger partial charge on any atom is -0.382 e. The molecule has 3 nitrogen and oxygen atoms in total. The van der Waals surface area contributed by atoms with Gasteiger partial charge in [-0.15, -0.1) is 0 Å². The Hall–Kier alpha value is -0.670. The lowest BCUT2D eigenvalue weighted by molar-refractivity contribution is 0.457. The monoisotopic (exact) mass is 273 g/mol. The minimum absolute atomic E-state index is 0.215. The molecule has 1 heterocycles. The molecule has 1 fully saturated rings. The lowest BCUT2D eigenvalue weighted by Gasteiger charge is -2.10. The second-order valence-electron chi connectivity index (χ2n) is 5.71. The minimum atomic E-state index is 0.215. The Morgan fingerprint density at radius 2 is 1.71 bits per heavy atom. The van der Waals surface area contributed by atoms with Gasteiger partial charge in [0, 0.05) is 6.04 Å². The Morgan fingerprint density at radius 1 is 1.18 bits per heavy atom. The average Bonchev–Trinajstić information content (AvgIpc) is 2.57. The van der Waals surface area contributed by atoms with Gasteiger partial charge >= 0.3 is 0 Å². The van der Waals surface area contributed by atoms with Crippen LogP contribution < -0.4 is 11.1 Å². The number of hydrogen-bond donors (Lipinski definition) is 2. The van der Waals surface area contributed by atoms with Crippen molar-refractivity contribution in [3.8, 4) is 0 Å². The number of aromatic nitrogens is 1. The van der Waals surface area contributed by atoms with Crippen LogP contribution in [0.25, 0.3) is 0 Å². The Labute approximate surface area is 112 Å². The van der Waals surface area contributed by atoms with Gasteiger partial charge in [-0.2, -0.15) is 0 Å². The van der Waals surface area contributed by atoms with Gasteiger partial charge in [0.2, 0.25) is 0 Å². The molecule has 94 valence electrons. The van der Waals surface area contributed by atoms with Crippen LogP contribution in [0.2, 0.25) is 10.0 Å². The number of nitrogen functional groups attached to an aromatic ring is 1. The number of rotatable bonds is 2. The highest BCUT2D eigenvalue weighted by atomic mass is 35.5. The van der Waals surface area contributed by atoms with Crippen LogP contribution in [0.1, 0.15) is 27.7 Å². The van der Waals surface area contributed by atoms with Gasteiger partial charge in [-0.05, 0) is 16.9 Å². The summed E-state index contributed by atoms with van der Waals surface area (Å²) in [4.78, 5) is 4.19. The van der Waals surface area contributed by atoms with E-state index in [0.717, 1.165) is 0 Å². The molecule has 0 saturated heterocycles. The molecule has 0 spiro atoms. The van der Waals surface area contributed by atoms with Crippen molar-refractivity contribution in [1.82, 2.24) is 4.98 Å². The van der Waals surface area contributed by atoms with Crippen LogP contribution in [0, 0.1) is 10.8 Å². The molecule has 0 aromatic carbocycles. The molecule has 0 atom stereocenters. The number of hydrogen-bond acceptors (Lipinski definition) is 3. The zero-order chi connectivity index (χ0) is 13.0. The standard InChI is InChI=1S/C12H17Cl2N3/c1-11(2)10(12(11,3)4)17-9-7(14)5-6(13)8(15)16-9/h5,10H,1-4H3,(H3,15,16,17). The first-order chi connectivity index (χ1) is 7.68. The Kier molecular flexibility index (Phi) is 2.75. The summed E-state index contributed by atoms with van der Waals surface area (Å²) < 4.78 is 0. The molecule has 2 rings (SSSR count). The highest BCUT2D eigenvalue weighted by molar-refractivity contribution is 6.37. The number of nitrogens with one attached hydrogen (secondary N) is 1. The predicted octanol–water partition coefficient (Wildman–Crippen LogP) is 3.82. The van der Waals surface area contributed by atoms with E-state index in [1.807, 2.05) is 0 Å². The fraction of sp³-hybridized carbons (Fsp3) is 0.583. The van der Waals surface area contributed by atoms with E-state index in [1.165, 1.54) is 0 Å². The lowest BCUT2D eigenvalue weighted by atomic mass is 10.0. The van der Waals surface area contributed by atoms with Crippen LogP contribution >= 0.6 is 23.2 Å². The Morgan fingerprint density at radius 3 is 2.18 bits per heavy atom. The van der Waals surface area contributed by atoms with E-state index in [4.69, 9.17) is 28.9 Å². The van der Waals surface area contributed by atoms with E-state index >= 15 is 0 Å². The zero-order valence-electron chi connectivity index (χ0n) is 10.4. The first-order valence-corrected chi connectivity index (χ1v) is 6.31. The second-order valence-corrected chi connectivity index (χ2v) is 6.52. The third-order valence-electron chi connectivity index (χ3n) is 4.26. The van der Waals surface area contributed by atoms with Crippen molar-refractivity contribution in [2.45, 2.75) is 33.7 Å². The van der Waals surface area contributed by atoms with Crippen molar-refractivity contribution in [2.75, 3.05) is 11.1 Å². The van der Waals surface area contributed by atoms with Crippen LogP contribution in [0.5, 0.6) is 0 Å². The highest BCUT2D eigenvalue weighted by Crippen LogP contribution is 2.63. The largest absolute Gasteiger partial charge is 0.382 e. The molecule has 1 aromatic heterocycles. The topological polar surface area (TPSA) is 50.9 Å². The van der Waals surface area contributed by atoms with Gasteiger partial charge in [0.05, 0.1) is 10.0 Å². The van der Waals surface area contributed by atoms with Crippen molar-refractivity contribution < 1.29 is 0 Å².